The van der Waals surface area contributed by atoms with Crippen molar-refractivity contribution in [3.05, 3.63) is 63.9 Å². The van der Waals surface area contributed by atoms with Crippen LogP contribution in [-0.2, 0) is 0 Å². The van der Waals surface area contributed by atoms with Gasteiger partial charge in [-0.1, -0.05) is 24.3 Å². The Bertz CT molecular complexity index is 687. The summed E-state index contributed by atoms with van der Waals surface area (Å²) >= 11 is 0. The lowest BCUT2D eigenvalue weighted by molar-refractivity contribution is 1.16. The second-order valence-corrected chi connectivity index (χ2v) is 4.58. The van der Waals surface area contributed by atoms with Crippen LogP contribution in [-0.4, -0.2) is 9.97 Å². The van der Waals surface area contributed by atoms with Crippen LogP contribution in [0.25, 0.3) is 11.6 Å². The molecule has 0 bridgehead atoms. The molecule has 0 aliphatic carbocycles. The molecule has 0 aliphatic heterocycles. The molecule has 2 aromatic rings. The molecule has 4 heteroatoms. The molecule has 0 amide bonds. The van der Waals surface area contributed by atoms with Crippen LogP contribution in [0.15, 0.2) is 41.2 Å². The highest BCUT2D eigenvalue weighted by Crippen LogP contribution is 2.25. The molecular formula is C15H17N3O. The number of nitrogen functional groups attached to an aromatic ring is 1. The molecule has 0 saturated heterocycles. The van der Waals surface area contributed by atoms with E-state index in [1.807, 2.05) is 44.2 Å². The molecule has 4 nitrogen and oxygen atoms in total. The number of allylic oxidation sites excluding steroid dienone is 2. The van der Waals surface area contributed by atoms with Crippen molar-refractivity contribution in [1.82, 2.24) is 9.97 Å². The number of hydrogen-bond donors (Lipinski definition) is 3. The van der Waals surface area contributed by atoms with Gasteiger partial charge in [0.05, 0.1) is 5.69 Å². The molecule has 0 aliphatic rings. The molecular weight excluding hydrogens is 238 g/mol. The molecule has 1 aromatic carbocycles. The van der Waals surface area contributed by atoms with Crippen molar-refractivity contribution in [1.29, 1.82) is 0 Å². The van der Waals surface area contributed by atoms with Crippen LogP contribution < -0.4 is 11.4 Å². The summed E-state index contributed by atoms with van der Waals surface area (Å²) in [6.45, 7) is 7.77. The van der Waals surface area contributed by atoms with Gasteiger partial charge in [-0.2, -0.15) is 0 Å². The lowest BCUT2D eigenvalue weighted by Crippen LogP contribution is -2.00. The molecule has 0 fully saturated rings. The zero-order chi connectivity index (χ0) is 14.0. The molecule has 98 valence electrons. The Morgan fingerprint density at radius 3 is 2.37 bits per heavy atom. The third kappa shape index (κ3) is 2.85. The van der Waals surface area contributed by atoms with Crippen LogP contribution >= 0.6 is 0 Å². The fourth-order valence-corrected chi connectivity index (χ4v) is 1.89. The molecule has 1 aromatic heterocycles. The summed E-state index contributed by atoms with van der Waals surface area (Å²) in [5.74, 6) is 0. The van der Waals surface area contributed by atoms with E-state index < -0.39 is 0 Å². The van der Waals surface area contributed by atoms with Crippen molar-refractivity contribution < 1.29 is 0 Å². The maximum atomic E-state index is 11.3. The monoisotopic (exact) mass is 255 g/mol. The van der Waals surface area contributed by atoms with Crippen molar-refractivity contribution in [3.8, 4) is 0 Å². The van der Waals surface area contributed by atoms with Gasteiger partial charge in [-0.15, -0.1) is 0 Å². The number of aryl methyl sites for hydroxylation is 1. The first-order valence-electron chi connectivity index (χ1n) is 6.00. The fourth-order valence-electron chi connectivity index (χ4n) is 1.89. The van der Waals surface area contributed by atoms with Gasteiger partial charge in [-0.25, -0.2) is 4.79 Å². The Morgan fingerprint density at radius 1 is 1.26 bits per heavy atom. The van der Waals surface area contributed by atoms with Crippen LogP contribution in [0.1, 0.15) is 23.9 Å². The number of imidazole rings is 1. The van der Waals surface area contributed by atoms with Gasteiger partial charge in [0.1, 0.15) is 0 Å². The van der Waals surface area contributed by atoms with Gasteiger partial charge < -0.3 is 15.7 Å². The van der Waals surface area contributed by atoms with Gasteiger partial charge in [0.15, 0.2) is 0 Å². The zero-order valence-electron chi connectivity index (χ0n) is 11.1. The summed E-state index contributed by atoms with van der Waals surface area (Å²) < 4.78 is 0. The van der Waals surface area contributed by atoms with Gasteiger partial charge in [-0.3, -0.25) is 0 Å². The third-order valence-electron chi connectivity index (χ3n) is 2.92. The number of aromatic nitrogens is 2. The Kier molecular flexibility index (Phi) is 3.42. The second-order valence-electron chi connectivity index (χ2n) is 4.58. The van der Waals surface area contributed by atoms with Crippen LogP contribution in [0.2, 0.25) is 0 Å². The average Bonchev–Trinajstić information content (AvgIpc) is 2.66. The molecule has 0 atom stereocenters. The summed E-state index contributed by atoms with van der Waals surface area (Å²) in [5.41, 5.74) is 10.7. The number of anilines is 1. The van der Waals surface area contributed by atoms with E-state index in [1.165, 1.54) is 0 Å². The molecule has 2 rings (SSSR count). The van der Waals surface area contributed by atoms with Gasteiger partial charge in [0, 0.05) is 11.4 Å². The standard InChI is InChI=1S/C15H17N3O/c1-9(2)13(11-4-6-12(16)7-5-11)8-14-10(3)17-15(19)18-14/h4-8H,1,16H2,2-3H3,(H2,17,18,19)/b13-8+. The Labute approximate surface area is 111 Å². The summed E-state index contributed by atoms with van der Waals surface area (Å²) in [7, 11) is 0. The Hall–Kier alpha value is -2.49. The predicted molar refractivity (Wildman–Crippen MR) is 79.7 cm³/mol. The number of nitrogens with two attached hydrogens (primary N) is 1. The van der Waals surface area contributed by atoms with E-state index in [4.69, 9.17) is 5.73 Å². The number of hydrogen-bond acceptors (Lipinski definition) is 2. The number of H-pyrrole nitrogens is 2. The van der Waals surface area contributed by atoms with E-state index in [2.05, 4.69) is 16.5 Å². The number of aromatic amines is 2. The first kappa shape index (κ1) is 13.0. The number of rotatable bonds is 3. The van der Waals surface area contributed by atoms with Crippen molar-refractivity contribution in [2.45, 2.75) is 13.8 Å². The summed E-state index contributed by atoms with van der Waals surface area (Å²) in [4.78, 5) is 16.7. The van der Waals surface area contributed by atoms with Crippen molar-refractivity contribution >= 4 is 17.3 Å². The highest BCUT2D eigenvalue weighted by molar-refractivity contribution is 5.90. The van der Waals surface area contributed by atoms with Gasteiger partial charge in [0.2, 0.25) is 0 Å². The second kappa shape index (κ2) is 5.02. The quantitative estimate of drug-likeness (QED) is 0.582. The smallest absolute Gasteiger partial charge is 0.323 e. The molecule has 0 spiro atoms. The van der Waals surface area contributed by atoms with Crippen LogP contribution in [0, 0.1) is 6.92 Å². The third-order valence-corrected chi connectivity index (χ3v) is 2.92. The van der Waals surface area contributed by atoms with Crippen molar-refractivity contribution in [3.63, 3.8) is 0 Å². The van der Waals surface area contributed by atoms with Crippen molar-refractivity contribution in [2.24, 2.45) is 0 Å². The maximum absolute atomic E-state index is 11.3. The van der Waals surface area contributed by atoms with E-state index >= 15 is 0 Å². The van der Waals surface area contributed by atoms with E-state index in [-0.39, 0.29) is 5.69 Å². The zero-order valence-corrected chi connectivity index (χ0v) is 11.1. The van der Waals surface area contributed by atoms with Crippen LogP contribution in [0.4, 0.5) is 5.69 Å². The summed E-state index contributed by atoms with van der Waals surface area (Å²) in [5, 5.41) is 0. The lowest BCUT2D eigenvalue weighted by atomic mass is 9.98. The van der Waals surface area contributed by atoms with E-state index in [0.717, 1.165) is 33.8 Å². The first-order chi connectivity index (χ1) is 8.97. The first-order valence-corrected chi connectivity index (χ1v) is 6.00. The maximum Gasteiger partial charge on any atom is 0.323 e. The predicted octanol–water partition coefficient (Wildman–Crippen LogP) is 2.71. The number of benzene rings is 1. The summed E-state index contributed by atoms with van der Waals surface area (Å²) in [6.07, 6.45) is 1.92. The van der Waals surface area contributed by atoms with Crippen LogP contribution in [0.3, 0.4) is 0 Å². The van der Waals surface area contributed by atoms with E-state index in [1.54, 1.807) is 0 Å². The average molecular weight is 255 g/mol. The van der Waals surface area contributed by atoms with E-state index in [0.29, 0.717) is 0 Å². The minimum absolute atomic E-state index is 0.206. The van der Waals surface area contributed by atoms with Crippen LogP contribution in [0.5, 0.6) is 0 Å². The highest BCUT2D eigenvalue weighted by Gasteiger charge is 2.06. The fraction of sp³-hybridized carbons (Fsp3) is 0.133. The molecule has 0 saturated carbocycles. The number of nitrogens with one attached hydrogen (secondary N) is 2. The normalized spacial score (nSPS) is 11.6. The van der Waals surface area contributed by atoms with Gasteiger partial charge in [0.25, 0.3) is 0 Å². The molecule has 4 N–H and O–H groups in total. The molecule has 0 radical (unpaired) electrons. The minimum Gasteiger partial charge on any atom is -0.399 e. The van der Waals surface area contributed by atoms with Gasteiger partial charge in [-0.05, 0) is 43.2 Å². The van der Waals surface area contributed by atoms with Crippen molar-refractivity contribution in [2.75, 3.05) is 5.73 Å². The largest absolute Gasteiger partial charge is 0.399 e. The topological polar surface area (TPSA) is 74.7 Å². The summed E-state index contributed by atoms with van der Waals surface area (Å²) in [6, 6.07) is 7.57. The molecule has 19 heavy (non-hydrogen) atoms. The molecule has 1 heterocycles. The Morgan fingerprint density at radius 2 is 1.89 bits per heavy atom. The van der Waals surface area contributed by atoms with Gasteiger partial charge >= 0.3 is 5.69 Å². The van der Waals surface area contributed by atoms with E-state index in [9.17, 15) is 4.79 Å². The minimum atomic E-state index is -0.206. The SMILES string of the molecule is C=C(C)/C(=C\c1[nH]c(=O)[nH]c1C)c1ccc(N)cc1. The highest BCUT2D eigenvalue weighted by atomic mass is 16.1. The molecule has 0 unspecified atom stereocenters. The lowest BCUT2D eigenvalue weighted by Gasteiger charge is -2.08. The Balaban J connectivity index is 2.52.